The Labute approximate surface area is 226 Å². The molecule has 0 atom stereocenters. The van der Waals surface area contributed by atoms with Crippen LogP contribution in [0.5, 0.6) is 5.88 Å². The van der Waals surface area contributed by atoms with Gasteiger partial charge < -0.3 is 20.4 Å². The highest BCUT2D eigenvalue weighted by molar-refractivity contribution is 6.31. The Kier molecular flexibility index (Phi) is 8.12. The minimum atomic E-state index is -0.197. The highest BCUT2D eigenvalue weighted by Gasteiger charge is 2.18. The lowest BCUT2D eigenvalue weighted by atomic mass is 10.1. The van der Waals surface area contributed by atoms with Gasteiger partial charge in [0.05, 0.1) is 34.9 Å². The third-order valence-electron chi connectivity index (χ3n) is 6.26. The summed E-state index contributed by atoms with van der Waals surface area (Å²) in [7, 11) is 1.55. The van der Waals surface area contributed by atoms with Crippen LogP contribution >= 0.6 is 11.6 Å². The molecule has 4 aromatic heterocycles. The van der Waals surface area contributed by atoms with Crippen molar-refractivity contribution in [1.82, 2.24) is 24.8 Å². The molecule has 0 fully saturated rings. The van der Waals surface area contributed by atoms with Crippen molar-refractivity contribution in [3.8, 4) is 5.88 Å². The molecule has 1 aromatic carbocycles. The Morgan fingerprint density at radius 2 is 1.89 bits per heavy atom. The lowest BCUT2D eigenvalue weighted by molar-refractivity contribution is 0.0952. The van der Waals surface area contributed by atoms with Crippen LogP contribution in [-0.2, 0) is 13.1 Å². The van der Waals surface area contributed by atoms with E-state index in [1.54, 1.807) is 25.6 Å². The first-order valence-corrected chi connectivity index (χ1v) is 12.8. The maximum absolute atomic E-state index is 13.3. The molecule has 1 amide bonds. The number of halogens is 1. The standard InChI is InChI=1S/C27H25ClN6O2.C2H6/c1-15-6-25(29)33-16(2)21(15)11-32-27(35)22-14-34(24-12-31-26(36-3)9-20(22)24)13-17-4-5-23-18(7-17)8-19(28)10-30-23;1-2/h4-10,12,14H,11,13H2,1-3H3,(H2,29,33)(H,32,35);1-2H3. The number of anilines is 1. The Morgan fingerprint density at radius 3 is 2.63 bits per heavy atom. The van der Waals surface area contributed by atoms with E-state index in [0.717, 1.165) is 44.2 Å². The number of aryl methyl sites for hydroxylation is 2. The number of rotatable bonds is 6. The van der Waals surface area contributed by atoms with Gasteiger partial charge in [-0.1, -0.05) is 31.5 Å². The summed E-state index contributed by atoms with van der Waals surface area (Å²) in [5, 5.41) is 5.34. The van der Waals surface area contributed by atoms with Crippen molar-refractivity contribution in [3.63, 3.8) is 0 Å². The summed E-state index contributed by atoms with van der Waals surface area (Å²) < 4.78 is 7.34. The van der Waals surface area contributed by atoms with Crippen LogP contribution in [0, 0.1) is 13.8 Å². The topological polar surface area (TPSA) is 108 Å². The summed E-state index contributed by atoms with van der Waals surface area (Å²) in [5.41, 5.74) is 11.9. The molecule has 0 saturated heterocycles. The minimum Gasteiger partial charge on any atom is -0.481 e. The molecule has 38 heavy (non-hydrogen) atoms. The zero-order valence-corrected chi connectivity index (χ0v) is 22.9. The number of carbonyl (C=O) groups excluding carboxylic acids is 1. The zero-order chi connectivity index (χ0) is 27.4. The molecule has 0 bridgehead atoms. The molecule has 8 nitrogen and oxygen atoms in total. The fourth-order valence-electron chi connectivity index (χ4n) is 4.46. The van der Waals surface area contributed by atoms with Gasteiger partial charge in [0.2, 0.25) is 5.88 Å². The van der Waals surface area contributed by atoms with Gasteiger partial charge in [-0.25, -0.2) is 9.97 Å². The van der Waals surface area contributed by atoms with Crippen LogP contribution in [0.4, 0.5) is 5.82 Å². The predicted octanol–water partition coefficient (Wildman–Crippen LogP) is 5.85. The molecule has 0 unspecified atom stereocenters. The number of fused-ring (bicyclic) bond motifs is 2. The number of hydrogen-bond donors (Lipinski definition) is 2. The van der Waals surface area contributed by atoms with Crippen molar-refractivity contribution >= 4 is 45.1 Å². The summed E-state index contributed by atoms with van der Waals surface area (Å²) in [6.45, 7) is 8.73. The monoisotopic (exact) mass is 530 g/mol. The van der Waals surface area contributed by atoms with Gasteiger partial charge >= 0.3 is 0 Å². The molecule has 0 aliphatic heterocycles. The smallest absolute Gasteiger partial charge is 0.253 e. The Morgan fingerprint density at radius 1 is 1.11 bits per heavy atom. The molecule has 0 aliphatic carbocycles. The quantitative estimate of drug-likeness (QED) is 0.285. The number of ether oxygens (including phenoxy) is 1. The van der Waals surface area contributed by atoms with Gasteiger partial charge in [-0.15, -0.1) is 0 Å². The summed E-state index contributed by atoms with van der Waals surface area (Å²) in [6.07, 6.45) is 5.21. The second kappa shape index (κ2) is 11.5. The first-order valence-electron chi connectivity index (χ1n) is 12.4. The van der Waals surface area contributed by atoms with Crippen LogP contribution in [0.2, 0.25) is 5.02 Å². The summed E-state index contributed by atoms with van der Waals surface area (Å²) in [5.74, 6) is 0.710. The number of nitrogens with zero attached hydrogens (tertiary/aromatic N) is 4. The van der Waals surface area contributed by atoms with Crippen molar-refractivity contribution < 1.29 is 9.53 Å². The first-order chi connectivity index (χ1) is 18.3. The van der Waals surface area contributed by atoms with Crippen LogP contribution in [-0.4, -0.2) is 32.5 Å². The first kappa shape index (κ1) is 26.9. The van der Waals surface area contributed by atoms with E-state index in [4.69, 9.17) is 22.1 Å². The molecular weight excluding hydrogens is 500 g/mol. The van der Waals surface area contributed by atoms with Crippen LogP contribution in [0.25, 0.3) is 21.8 Å². The van der Waals surface area contributed by atoms with Gasteiger partial charge in [-0.2, -0.15) is 0 Å². The summed E-state index contributed by atoms with van der Waals surface area (Å²) in [6, 6.07) is 11.5. The van der Waals surface area contributed by atoms with E-state index < -0.39 is 0 Å². The Balaban J connectivity index is 0.00000164. The number of amides is 1. The summed E-state index contributed by atoms with van der Waals surface area (Å²) in [4.78, 5) is 26.4. The maximum atomic E-state index is 13.3. The number of nitrogen functional groups attached to an aromatic ring is 1. The van der Waals surface area contributed by atoms with E-state index in [0.29, 0.717) is 35.4 Å². The van der Waals surface area contributed by atoms with Crippen LogP contribution < -0.4 is 15.8 Å². The number of aromatic nitrogens is 4. The lowest BCUT2D eigenvalue weighted by Gasteiger charge is -2.11. The molecule has 0 spiro atoms. The van der Waals surface area contributed by atoms with Crippen LogP contribution in [0.1, 0.15) is 46.6 Å². The molecule has 5 aromatic rings. The van der Waals surface area contributed by atoms with E-state index in [2.05, 4.69) is 26.3 Å². The number of nitrogens with one attached hydrogen (secondary N) is 1. The highest BCUT2D eigenvalue weighted by atomic mass is 35.5. The molecule has 0 radical (unpaired) electrons. The second-order valence-corrected chi connectivity index (χ2v) is 9.14. The van der Waals surface area contributed by atoms with Gasteiger partial charge in [0.25, 0.3) is 5.91 Å². The largest absolute Gasteiger partial charge is 0.481 e. The Hall–Kier alpha value is -4.17. The molecule has 196 valence electrons. The maximum Gasteiger partial charge on any atom is 0.253 e. The van der Waals surface area contributed by atoms with Crippen molar-refractivity contribution in [1.29, 1.82) is 0 Å². The number of carbonyl (C=O) groups is 1. The van der Waals surface area contributed by atoms with Crippen LogP contribution in [0.15, 0.2) is 55.0 Å². The fraction of sp³-hybridized carbons (Fsp3) is 0.241. The Bertz CT molecular complexity index is 1610. The molecule has 0 saturated carbocycles. The molecule has 0 aliphatic rings. The molecule has 4 heterocycles. The minimum absolute atomic E-state index is 0.197. The number of methoxy groups -OCH3 is 1. The van der Waals surface area contributed by atoms with Crippen molar-refractivity contribution in [2.75, 3.05) is 12.8 Å². The fourth-order valence-corrected chi connectivity index (χ4v) is 4.63. The van der Waals surface area contributed by atoms with Gasteiger partial charge in [-0.05, 0) is 54.8 Å². The van der Waals surface area contributed by atoms with Gasteiger partial charge in [-0.3, -0.25) is 9.78 Å². The van der Waals surface area contributed by atoms with Crippen molar-refractivity contribution in [2.45, 2.75) is 40.8 Å². The van der Waals surface area contributed by atoms with Crippen molar-refractivity contribution in [2.24, 2.45) is 0 Å². The van der Waals surface area contributed by atoms with Crippen LogP contribution in [0.3, 0.4) is 0 Å². The number of nitrogens with two attached hydrogens (primary N) is 1. The summed E-state index contributed by atoms with van der Waals surface area (Å²) >= 11 is 6.13. The third-order valence-corrected chi connectivity index (χ3v) is 6.47. The van der Waals surface area contributed by atoms with E-state index in [1.165, 1.54) is 0 Å². The van der Waals surface area contributed by atoms with Gasteiger partial charge in [0.1, 0.15) is 5.82 Å². The normalized spacial score (nSPS) is 10.8. The van der Waals surface area contributed by atoms with Gasteiger partial charge in [0.15, 0.2) is 0 Å². The third kappa shape index (κ3) is 5.55. The average Bonchev–Trinajstić information content (AvgIpc) is 3.26. The SMILES string of the molecule is CC.COc1cc2c(C(=O)NCc3c(C)cc(N)nc3C)cn(Cc3ccc4ncc(Cl)cc4c3)c2cn1. The van der Waals surface area contributed by atoms with E-state index in [-0.39, 0.29) is 5.91 Å². The van der Waals surface area contributed by atoms with E-state index in [9.17, 15) is 4.79 Å². The van der Waals surface area contributed by atoms with Crippen molar-refractivity contribution in [3.05, 3.63) is 88.0 Å². The predicted molar refractivity (Wildman–Crippen MR) is 153 cm³/mol. The molecule has 9 heteroatoms. The highest BCUT2D eigenvalue weighted by Crippen LogP contribution is 2.26. The molecular formula is C29H31ClN6O2. The molecule has 5 rings (SSSR count). The van der Waals surface area contributed by atoms with E-state index in [1.807, 2.05) is 62.7 Å². The number of pyridine rings is 3. The number of hydrogen-bond acceptors (Lipinski definition) is 6. The van der Waals surface area contributed by atoms with E-state index >= 15 is 0 Å². The molecule has 3 N–H and O–H groups in total. The number of benzene rings is 1. The second-order valence-electron chi connectivity index (χ2n) is 8.71. The van der Waals surface area contributed by atoms with Gasteiger partial charge in [0, 0.05) is 48.0 Å². The average molecular weight is 531 g/mol. The zero-order valence-electron chi connectivity index (χ0n) is 22.2. The lowest BCUT2D eigenvalue weighted by Crippen LogP contribution is -2.24.